The highest BCUT2D eigenvalue weighted by Gasteiger charge is 2.37. The zero-order chi connectivity index (χ0) is 32.3. The van der Waals surface area contributed by atoms with Crippen molar-refractivity contribution in [1.82, 2.24) is 9.97 Å². The highest BCUT2D eigenvalue weighted by Crippen LogP contribution is 2.40. The van der Waals surface area contributed by atoms with Gasteiger partial charge in [0, 0.05) is 42.5 Å². The van der Waals surface area contributed by atoms with Crippen molar-refractivity contribution >= 4 is 34.9 Å². The van der Waals surface area contributed by atoms with E-state index >= 15 is 4.39 Å². The molecule has 0 atom stereocenters. The average Bonchev–Trinajstić information content (AvgIpc) is 2.94. The number of nitrogens with zero attached hydrogens (tertiary/aromatic N) is 3. The molecule has 1 saturated carbocycles. The molecule has 1 fully saturated rings. The Balaban J connectivity index is 1.65. The quantitative estimate of drug-likeness (QED) is 0.180. The SMILES string of the molecule is Cc1ccc(NCc2cnc(Oc3cc(C(=O)O)c(N(C(=O)[C@H]4CC[C@H](C)CC4)C(C)C)cc3F)c(C(F)(F)F)c2)c(Cl)n1. The van der Waals surface area contributed by atoms with Gasteiger partial charge in [-0.05, 0) is 76.1 Å². The maximum Gasteiger partial charge on any atom is 0.421 e. The summed E-state index contributed by atoms with van der Waals surface area (Å²) in [7, 11) is 0. The molecule has 0 unspecified atom stereocenters. The fourth-order valence-electron chi connectivity index (χ4n) is 5.18. The Morgan fingerprint density at radius 2 is 1.84 bits per heavy atom. The summed E-state index contributed by atoms with van der Waals surface area (Å²) in [5.74, 6) is -4.60. The average molecular weight is 637 g/mol. The van der Waals surface area contributed by atoms with E-state index in [0.29, 0.717) is 30.1 Å². The van der Waals surface area contributed by atoms with Crippen LogP contribution < -0.4 is 15.0 Å². The molecule has 1 aliphatic carbocycles. The lowest BCUT2D eigenvalue weighted by atomic mass is 9.82. The van der Waals surface area contributed by atoms with Gasteiger partial charge in [0.05, 0.1) is 16.9 Å². The van der Waals surface area contributed by atoms with Gasteiger partial charge in [0.1, 0.15) is 5.56 Å². The summed E-state index contributed by atoms with van der Waals surface area (Å²) in [5.41, 5.74) is -0.804. The number of carbonyl (C=O) groups is 2. The van der Waals surface area contributed by atoms with Crippen LogP contribution in [0.25, 0.3) is 0 Å². The van der Waals surface area contributed by atoms with Crippen LogP contribution in [0.3, 0.4) is 0 Å². The Bertz CT molecular complexity index is 1540. The second kappa shape index (κ2) is 13.4. The second-order valence-electron chi connectivity index (χ2n) is 11.3. The van der Waals surface area contributed by atoms with Crippen molar-refractivity contribution in [3.8, 4) is 11.6 Å². The molecule has 1 amide bonds. The van der Waals surface area contributed by atoms with Crippen molar-refractivity contribution in [1.29, 1.82) is 0 Å². The fraction of sp³-hybridized carbons (Fsp3) is 0.419. The summed E-state index contributed by atoms with van der Waals surface area (Å²) in [6.45, 7) is 7.10. The zero-order valence-corrected chi connectivity index (χ0v) is 25.4. The number of hydrogen-bond acceptors (Lipinski definition) is 6. The number of hydrogen-bond donors (Lipinski definition) is 2. The minimum absolute atomic E-state index is 0.0913. The van der Waals surface area contributed by atoms with E-state index in [1.165, 1.54) is 4.90 Å². The number of carbonyl (C=O) groups excluding carboxylic acids is 1. The Morgan fingerprint density at radius 3 is 2.43 bits per heavy atom. The summed E-state index contributed by atoms with van der Waals surface area (Å²) >= 11 is 6.09. The molecule has 2 aromatic heterocycles. The van der Waals surface area contributed by atoms with Gasteiger partial charge in [-0.3, -0.25) is 4.79 Å². The molecule has 3 aromatic rings. The topological polar surface area (TPSA) is 105 Å². The second-order valence-corrected chi connectivity index (χ2v) is 11.7. The minimum Gasteiger partial charge on any atom is -0.478 e. The van der Waals surface area contributed by atoms with E-state index in [9.17, 15) is 27.9 Å². The molecular weight excluding hydrogens is 604 g/mol. The number of anilines is 2. The van der Waals surface area contributed by atoms with Gasteiger partial charge >= 0.3 is 12.1 Å². The molecule has 44 heavy (non-hydrogen) atoms. The number of benzene rings is 1. The highest BCUT2D eigenvalue weighted by molar-refractivity contribution is 6.32. The van der Waals surface area contributed by atoms with E-state index in [-0.39, 0.29) is 34.8 Å². The van der Waals surface area contributed by atoms with Crippen LogP contribution in [-0.2, 0) is 17.5 Å². The van der Waals surface area contributed by atoms with Gasteiger partial charge in [0.2, 0.25) is 11.8 Å². The van der Waals surface area contributed by atoms with Crippen LogP contribution >= 0.6 is 11.6 Å². The molecule has 0 radical (unpaired) electrons. The zero-order valence-electron chi connectivity index (χ0n) is 24.6. The predicted octanol–water partition coefficient (Wildman–Crippen LogP) is 8.27. The maximum absolute atomic E-state index is 15.4. The lowest BCUT2D eigenvalue weighted by Gasteiger charge is -2.34. The number of nitrogens with one attached hydrogen (secondary N) is 1. The Labute approximate surface area is 257 Å². The number of carboxylic acids is 1. The lowest BCUT2D eigenvalue weighted by Crippen LogP contribution is -2.43. The molecule has 8 nitrogen and oxygen atoms in total. The third-order valence-corrected chi connectivity index (χ3v) is 7.84. The number of rotatable bonds is 9. The molecule has 236 valence electrons. The first-order valence-electron chi connectivity index (χ1n) is 14.2. The van der Waals surface area contributed by atoms with E-state index in [4.69, 9.17) is 16.3 Å². The number of pyridine rings is 2. The van der Waals surface area contributed by atoms with Crippen LogP contribution in [0.2, 0.25) is 5.15 Å². The van der Waals surface area contributed by atoms with Crippen LogP contribution in [0.15, 0.2) is 36.5 Å². The molecule has 2 heterocycles. The Morgan fingerprint density at radius 1 is 1.16 bits per heavy atom. The third kappa shape index (κ3) is 7.58. The largest absolute Gasteiger partial charge is 0.478 e. The summed E-state index contributed by atoms with van der Waals surface area (Å²) in [4.78, 5) is 34.9. The van der Waals surface area contributed by atoms with Crippen molar-refractivity contribution in [2.24, 2.45) is 11.8 Å². The first-order valence-corrected chi connectivity index (χ1v) is 14.5. The molecule has 4 rings (SSSR count). The van der Waals surface area contributed by atoms with Gasteiger partial charge < -0.3 is 20.1 Å². The Hall–Kier alpha value is -3.93. The van der Waals surface area contributed by atoms with Crippen LogP contribution in [0.4, 0.5) is 28.9 Å². The van der Waals surface area contributed by atoms with E-state index in [2.05, 4.69) is 22.2 Å². The molecule has 0 saturated heterocycles. The van der Waals surface area contributed by atoms with Crippen LogP contribution in [0, 0.1) is 24.6 Å². The molecule has 1 aromatic carbocycles. The van der Waals surface area contributed by atoms with Crippen LogP contribution in [0.1, 0.15) is 73.6 Å². The number of halogens is 5. The molecule has 13 heteroatoms. The molecule has 0 aliphatic heterocycles. The molecule has 0 spiro atoms. The monoisotopic (exact) mass is 636 g/mol. The number of aryl methyl sites for hydroxylation is 1. The number of aromatic nitrogens is 2. The van der Waals surface area contributed by atoms with E-state index in [0.717, 1.165) is 37.2 Å². The summed E-state index contributed by atoms with van der Waals surface area (Å²) < 4.78 is 62.9. The summed E-state index contributed by atoms with van der Waals surface area (Å²) in [6, 6.07) is 5.18. The van der Waals surface area contributed by atoms with Gasteiger partial charge in [-0.15, -0.1) is 0 Å². The maximum atomic E-state index is 15.4. The summed E-state index contributed by atoms with van der Waals surface area (Å²) in [5, 5.41) is 13.0. The lowest BCUT2D eigenvalue weighted by molar-refractivity contribution is -0.139. The van der Waals surface area contributed by atoms with Crippen molar-refractivity contribution in [3.05, 3.63) is 69.9 Å². The number of alkyl halides is 3. The molecular formula is C31H33ClF4N4O4. The standard InChI is InChI=1S/C31H33ClF4N4O4/c1-16(2)40(29(41)20-8-5-17(3)6-9-20)25-13-23(33)26(12-21(25)30(42)43)44-28-22(31(34,35)36)11-19(15-38-28)14-37-24-10-7-18(4)39-27(24)32/h7,10-13,15-17,20,37H,5-6,8-9,14H2,1-4H3,(H,42,43)/t17-,20-. The predicted molar refractivity (Wildman–Crippen MR) is 158 cm³/mol. The van der Waals surface area contributed by atoms with Crippen molar-refractivity contribution in [3.63, 3.8) is 0 Å². The van der Waals surface area contributed by atoms with Gasteiger partial charge in [-0.1, -0.05) is 18.5 Å². The van der Waals surface area contributed by atoms with Gasteiger partial charge in [0.25, 0.3) is 0 Å². The van der Waals surface area contributed by atoms with Crippen molar-refractivity contribution < 1.29 is 37.0 Å². The fourth-order valence-corrected chi connectivity index (χ4v) is 5.44. The molecule has 2 N–H and O–H groups in total. The van der Waals surface area contributed by atoms with Crippen molar-refractivity contribution in [2.75, 3.05) is 10.2 Å². The van der Waals surface area contributed by atoms with Crippen LogP contribution in [0.5, 0.6) is 11.6 Å². The first kappa shape index (κ1) is 33.0. The number of carboxylic acid groups (broad SMARTS) is 1. The van der Waals surface area contributed by atoms with E-state index < -0.39 is 46.8 Å². The van der Waals surface area contributed by atoms with Gasteiger partial charge in [-0.25, -0.2) is 19.2 Å². The van der Waals surface area contributed by atoms with E-state index in [1.807, 2.05) is 0 Å². The van der Waals surface area contributed by atoms with Crippen LogP contribution in [-0.4, -0.2) is 33.0 Å². The number of ether oxygens (including phenoxy) is 1. The smallest absolute Gasteiger partial charge is 0.421 e. The molecule has 0 bridgehead atoms. The molecule has 1 aliphatic rings. The third-order valence-electron chi connectivity index (χ3n) is 7.55. The first-order chi connectivity index (χ1) is 20.6. The minimum atomic E-state index is -4.94. The summed E-state index contributed by atoms with van der Waals surface area (Å²) in [6.07, 6.45) is -0.887. The van der Waals surface area contributed by atoms with Gasteiger partial charge in [0.15, 0.2) is 16.7 Å². The number of amides is 1. The van der Waals surface area contributed by atoms with Gasteiger partial charge in [-0.2, -0.15) is 13.2 Å². The van der Waals surface area contributed by atoms with E-state index in [1.54, 1.807) is 32.9 Å². The van der Waals surface area contributed by atoms with Crippen molar-refractivity contribution in [2.45, 2.75) is 72.1 Å². The Kier molecular flexibility index (Phi) is 10.0. The highest BCUT2D eigenvalue weighted by atomic mass is 35.5. The number of aromatic carboxylic acids is 1. The normalized spacial score (nSPS) is 17.0.